The molecule has 0 radical (unpaired) electrons. The second kappa shape index (κ2) is 2.25. The molecule has 54 valence electrons. The number of nitrogens with zero attached hydrogens (tertiary/aromatic N) is 2. The lowest BCUT2D eigenvalue weighted by atomic mass is 10.2. The molecule has 1 rings (SSSR count). The van der Waals surface area contributed by atoms with Crippen molar-refractivity contribution in [2.75, 3.05) is 0 Å². The highest BCUT2D eigenvalue weighted by atomic mass is 16.1. The molecule has 0 aromatic carbocycles. The van der Waals surface area contributed by atoms with E-state index in [0.717, 1.165) is 23.4 Å². The molecule has 0 aliphatic carbocycles. The van der Waals surface area contributed by atoms with Gasteiger partial charge in [0.05, 0.1) is 5.69 Å². The molecule has 0 saturated carbocycles. The van der Waals surface area contributed by atoms with E-state index in [1.807, 2.05) is 20.8 Å². The third kappa shape index (κ3) is 0.835. The first kappa shape index (κ1) is 6.99. The molecule has 0 spiro atoms. The number of hydrogen-bond acceptors (Lipinski definition) is 2. The van der Waals surface area contributed by atoms with E-state index in [9.17, 15) is 4.79 Å². The summed E-state index contributed by atoms with van der Waals surface area (Å²) in [6.07, 6.45) is 0.718. The molecule has 0 atom stereocenters. The Hall–Kier alpha value is -1.12. The monoisotopic (exact) mass is 138 g/mol. The van der Waals surface area contributed by atoms with Crippen LogP contribution < -0.4 is 0 Å². The van der Waals surface area contributed by atoms with Gasteiger partial charge in [-0.15, -0.1) is 0 Å². The summed E-state index contributed by atoms with van der Waals surface area (Å²) in [5, 5.41) is 3.98. The van der Waals surface area contributed by atoms with Crippen molar-refractivity contribution in [3.05, 3.63) is 17.0 Å². The lowest BCUT2D eigenvalue weighted by Crippen LogP contribution is -1.98. The Morgan fingerprint density at radius 3 is 2.20 bits per heavy atom. The van der Waals surface area contributed by atoms with Crippen LogP contribution in [-0.2, 0) is 4.79 Å². The van der Waals surface area contributed by atoms with Crippen molar-refractivity contribution in [2.24, 2.45) is 0 Å². The third-order valence-electron chi connectivity index (χ3n) is 1.79. The molecule has 0 unspecified atom stereocenters. The van der Waals surface area contributed by atoms with Gasteiger partial charge in [0.15, 0.2) is 0 Å². The molecule has 10 heavy (non-hydrogen) atoms. The van der Waals surface area contributed by atoms with Crippen LogP contribution in [0.2, 0.25) is 0 Å². The summed E-state index contributed by atoms with van der Waals surface area (Å²) in [5.41, 5.74) is 2.93. The Kier molecular flexibility index (Phi) is 1.57. The highest BCUT2D eigenvalue weighted by Gasteiger charge is 2.04. The molecule has 0 amide bonds. The number of aryl methyl sites for hydroxylation is 1. The fourth-order valence-corrected chi connectivity index (χ4v) is 0.848. The number of rotatable bonds is 1. The van der Waals surface area contributed by atoms with Gasteiger partial charge in [0.2, 0.25) is 6.41 Å². The van der Waals surface area contributed by atoms with E-state index in [-0.39, 0.29) is 0 Å². The van der Waals surface area contributed by atoms with Gasteiger partial charge in [0, 0.05) is 5.69 Å². The zero-order valence-electron chi connectivity index (χ0n) is 6.38. The summed E-state index contributed by atoms with van der Waals surface area (Å²) < 4.78 is 1.35. The average molecular weight is 138 g/mol. The third-order valence-corrected chi connectivity index (χ3v) is 1.79. The maximum atomic E-state index is 10.3. The fraction of sp³-hybridized carbons (Fsp3) is 0.429. The molecule has 3 heteroatoms. The Labute approximate surface area is 59.7 Å². The normalized spacial score (nSPS) is 9.90. The SMILES string of the molecule is Cc1nn(C=O)c(C)c1C. The molecule has 1 aromatic rings. The van der Waals surface area contributed by atoms with Crippen molar-refractivity contribution in [2.45, 2.75) is 20.8 Å². The molecule has 0 aliphatic heterocycles. The fourth-order valence-electron chi connectivity index (χ4n) is 0.848. The van der Waals surface area contributed by atoms with E-state index in [0.29, 0.717) is 0 Å². The molecule has 0 N–H and O–H groups in total. The van der Waals surface area contributed by atoms with E-state index in [1.165, 1.54) is 4.68 Å². The summed E-state index contributed by atoms with van der Waals surface area (Å²) in [6.45, 7) is 5.73. The van der Waals surface area contributed by atoms with Crippen molar-refractivity contribution in [1.29, 1.82) is 0 Å². The molecular formula is C7H10N2O. The number of carbonyl (C=O) groups is 1. The van der Waals surface area contributed by atoms with Crippen LogP contribution in [0, 0.1) is 20.8 Å². The van der Waals surface area contributed by atoms with Gasteiger partial charge in [0.25, 0.3) is 0 Å². The Morgan fingerprint density at radius 1 is 1.40 bits per heavy atom. The van der Waals surface area contributed by atoms with Crippen LogP contribution in [0.25, 0.3) is 0 Å². The Morgan fingerprint density at radius 2 is 2.00 bits per heavy atom. The van der Waals surface area contributed by atoms with E-state index < -0.39 is 0 Å². The van der Waals surface area contributed by atoms with Crippen LogP contribution in [0.5, 0.6) is 0 Å². The van der Waals surface area contributed by atoms with Crippen LogP contribution in [0.15, 0.2) is 0 Å². The lowest BCUT2D eigenvalue weighted by molar-refractivity contribution is 0.538. The van der Waals surface area contributed by atoms with Crippen LogP contribution in [-0.4, -0.2) is 16.2 Å². The lowest BCUT2D eigenvalue weighted by Gasteiger charge is -1.89. The van der Waals surface area contributed by atoms with Gasteiger partial charge in [0.1, 0.15) is 0 Å². The maximum Gasteiger partial charge on any atom is 0.234 e. The van der Waals surface area contributed by atoms with Crippen molar-refractivity contribution in [3.8, 4) is 0 Å². The molecule has 0 fully saturated rings. The van der Waals surface area contributed by atoms with Gasteiger partial charge < -0.3 is 0 Å². The Balaban J connectivity index is 3.30. The average Bonchev–Trinajstić information content (AvgIpc) is 2.17. The largest absolute Gasteiger partial charge is 0.276 e. The van der Waals surface area contributed by atoms with Crippen molar-refractivity contribution in [3.63, 3.8) is 0 Å². The minimum atomic E-state index is 0.718. The van der Waals surface area contributed by atoms with Gasteiger partial charge in [-0.05, 0) is 26.3 Å². The first-order chi connectivity index (χ1) is 4.66. The molecule has 1 heterocycles. The molecule has 1 aromatic heterocycles. The summed E-state index contributed by atoms with van der Waals surface area (Å²) in [7, 11) is 0. The van der Waals surface area contributed by atoms with Crippen molar-refractivity contribution >= 4 is 6.41 Å². The number of carbonyl (C=O) groups excluding carboxylic acids is 1. The van der Waals surface area contributed by atoms with Gasteiger partial charge in [-0.25, -0.2) is 4.68 Å². The highest BCUT2D eigenvalue weighted by molar-refractivity contribution is 5.53. The predicted molar refractivity (Wildman–Crippen MR) is 38.6 cm³/mol. The van der Waals surface area contributed by atoms with Crippen LogP contribution in [0.3, 0.4) is 0 Å². The quantitative estimate of drug-likeness (QED) is 0.539. The van der Waals surface area contributed by atoms with Crippen LogP contribution in [0.4, 0.5) is 0 Å². The molecule has 0 aliphatic rings. The van der Waals surface area contributed by atoms with Gasteiger partial charge in [-0.1, -0.05) is 0 Å². The van der Waals surface area contributed by atoms with Gasteiger partial charge in [-0.2, -0.15) is 5.10 Å². The summed E-state index contributed by atoms with van der Waals surface area (Å²) >= 11 is 0. The number of hydrogen-bond donors (Lipinski definition) is 0. The number of aromatic nitrogens is 2. The molecule has 0 bridgehead atoms. The predicted octanol–water partition coefficient (Wildman–Crippen LogP) is 0.847. The topological polar surface area (TPSA) is 34.9 Å². The second-order valence-corrected chi connectivity index (χ2v) is 2.35. The highest BCUT2D eigenvalue weighted by Crippen LogP contribution is 2.08. The van der Waals surface area contributed by atoms with Crippen molar-refractivity contribution < 1.29 is 4.79 Å². The van der Waals surface area contributed by atoms with Crippen molar-refractivity contribution in [1.82, 2.24) is 9.78 Å². The minimum Gasteiger partial charge on any atom is -0.276 e. The smallest absolute Gasteiger partial charge is 0.234 e. The minimum absolute atomic E-state index is 0.718. The standard InChI is InChI=1S/C7H10N2O/c1-5-6(2)8-9(4-10)7(5)3/h4H,1-3H3. The van der Waals surface area contributed by atoms with E-state index in [1.54, 1.807) is 0 Å². The zero-order chi connectivity index (χ0) is 7.72. The molecule has 0 saturated heterocycles. The van der Waals surface area contributed by atoms with Gasteiger partial charge in [-0.3, -0.25) is 4.79 Å². The Bertz CT molecular complexity index is 263. The zero-order valence-corrected chi connectivity index (χ0v) is 6.38. The molecular weight excluding hydrogens is 128 g/mol. The van der Waals surface area contributed by atoms with E-state index in [4.69, 9.17) is 0 Å². The summed E-state index contributed by atoms with van der Waals surface area (Å²) in [5.74, 6) is 0. The van der Waals surface area contributed by atoms with E-state index in [2.05, 4.69) is 5.10 Å². The summed E-state index contributed by atoms with van der Waals surface area (Å²) in [4.78, 5) is 10.3. The first-order valence-corrected chi connectivity index (χ1v) is 3.14. The molecule has 3 nitrogen and oxygen atoms in total. The summed E-state index contributed by atoms with van der Waals surface area (Å²) in [6, 6.07) is 0. The van der Waals surface area contributed by atoms with Crippen LogP contribution in [0.1, 0.15) is 17.0 Å². The maximum absolute atomic E-state index is 10.3. The first-order valence-electron chi connectivity index (χ1n) is 3.14. The van der Waals surface area contributed by atoms with Gasteiger partial charge >= 0.3 is 0 Å². The van der Waals surface area contributed by atoms with Crippen LogP contribution >= 0.6 is 0 Å². The second-order valence-electron chi connectivity index (χ2n) is 2.35. The van der Waals surface area contributed by atoms with E-state index >= 15 is 0 Å².